The van der Waals surface area contributed by atoms with Crippen LogP contribution in [0, 0.1) is 5.92 Å². The number of anilines is 2. The lowest BCUT2D eigenvalue weighted by Crippen LogP contribution is -2.28. The molecule has 1 aliphatic rings. The molecule has 0 aliphatic carbocycles. The van der Waals surface area contributed by atoms with Crippen LogP contribution in [0.25, 0.3) is 10.8 Å². The smallest absolute Gasteiger partial charge is 0.229 e. The normalized spacial score (nSPS) is 15.3. The Balaban J connectivity index is 1.25. The molecule has 0 saturated carbocycles. The largest absolute Gasteiger partial charge is 0.495 e. The molecular weight excluding hydrogens is 464 g/mol. The molecule has 1 atom stereocenters. The van der Waals surface area contributed by atoms with Gasteiger partial charge in [0.05, 0.1) is 18.7 Å². The van der Waals surface area contributed by atoms with Gasteiger partial charge < -0.3 is 19.7 Å². The summed E-state index contributed by atoms with van der Waals surface area (Å²) in [4.78, 5) is 27.1. The molecule has 35 heavy (non-hydrogen) atoms. The fraction of sp³-hybridized carbons (Fsp3) is 0.143. The standard InChI is InChI=1S/C28H23ClN2O4/c1-34-26-14-9-20(29)16-24(26)31-17-19(15-27(31)32)28(33)30-21-10-12-22(13-11-21)35-25-8-4-6-18-5-2-3-7-23(18)25/h2-14,16,19H,15,17H2,1H3,(H,30,33)/t19-/m0/s1. The van der Waals surface area contributed by atoms with Gasteiger partial charge in [0, 0.05) is 29.1 Å². The number of fused-ring (bicyclic) bond motifs is 1. The number of benzene rings is 4. The third-order valence-corrected chi connectivity index (χ3v) is 6.26. The van der Waals surface area contributed by atoms with Crippen LogP contribution in [0.2, 0.25) is 5.02 Å². The molecule has 0 spiro atoms. The zero-order valence-corrected chi connectivity index (χ0v) is 19.8. The van der Waals surface area contributed by atoms with E-state index < -0.39 is 5.92 Å². The van der Waals surface area contributed by atoms with Crippen LogP contribution in [0.15, 0.2) is 84.9 Å². The predicted octanol–water partition coefficient (Wildman–Crippen LogP) is 6.29. The Morgan fingerprint density at radius 1 is 0.971 bits per heavy atom. The molecule has 6 nitrogen and oxygen atoms in total. The maximum Gasteiger partial charge on any atom is 0.229 e. The van der Waals surface area contributed by atoms with Crippen LogP contribution in [0.4, 0.5) is 11.4 Å². The molecule has 4 aromatic rings. The average Bonchev–Trinajstić information content (AvgIpc) is 3.27. The molecule has 2 amide bonds. The van der Waals surface area contributed by atoms with Crippen molar-refractivity contribution in [3.8, 4) is 17.2 Å². The first-order chi connectivity index (χ1) is 17.0. The summed E-state index contributed by atoms with van der Waals surface area (Å²) in [5.41, 5.74) is 1.20. The van der Waals surface area contributed by atoms with Crippen molar-refractivity contribution in [3.63, 3.8) is 0 Å². The van der Waals surface area contributed by atoms with Crippen LogP contribution < -0.4 is 19.7 Å². The van der Waals surface area contributed by atoms with E-state index in [9.17, 15) is 9.59 Å². The van der Waals surface area contributed by atoms with E-state index in [1.54, 1.807) is 47.4 Å². The van der Waals surface area contributed by atoms with Crippen molar-refractivity contribution in [1.82, 2.24) is 0 Å². The van der Waals surface area contributed by atoms with Crippen molar-refractivity contribution in [1.29, 1.82) is 0 Å². The number of carbonyl (C=O) groups excluding carboxylic acids is 2. The first-order valence-corrected chi connectivity index (χ1v) is 11.6. The van der Waals surface area contributed by atoms with E-state index in [0.717, 1.165) is 16.5 Å². The fourth-order valence-electron chi connectivity index (χ4n) is 4.25. The molecule has 1 saturated heterocycles. The topological polar surface area (TPSA) is 67.9 Å². The van der Waals surface area contributed by atoms with Gasteiger partial charge in [0.15, 0.2) is 0 Å². The monoisotopic (exact) mass is 486 g/mol. The van der Waals surface area contributed by atoms with Crippen LogP contribution in [0.3, 0.4) is 0 Å². The first kappa shape index (κ1) is 22.7. The lowest BCUT2D eigenvalue weighted by Gasteiger charge is -2.20. The number of ether oxygens (including phenoxy) is 2. The van der Waals surface area contributed by atoms with E-state index >= 15 is 0 Å². The maximum atomic E-state index is 12.9. The molecule has 176 valence electrons. The molecule has 1 fully saturated rings. The molecule has 4 aromatic carbocycles. The Labute approximate surface area is 208 Å². The Kier molecular flexibility index (Phi) is 6.29. The molecule has 1 aliphatic heterocycles. The van der Waals surface area contributed by atoms with E-state index in [4.69, 9.17) is 21.1 Å². The van der Waals surface area contributed by atoms with Gasteiger partial charge >= 0.3 is 0 Å². The minimum Gasteiger partial charge on any atom is -0.495 e. The Bertz CT molecular complexity index is 1400. The van der Waals surface area contributed by atoms with E-state index in [2.05, 4.69) is 5.32 Å². The molecule has 0 unspecified atom stereocenters. The second-order valence-corrected chi connectivity index (χ2v) is 8.75. The lowest BCUT2D eigenvalue weighted by atomic mass is 10.1. The van der Waals surface area contributed by atoms with Crippen LogP contribution in [0.1, 0.15) is 6.42 Å². The summed E-state index contributed by atoms with van der Waals surface area (Å²) in [6.45, 7) is 0.254. The van der Waals surface area contributed by atoms with Crippen molar-refractivity contribution < 1.29 is 19.1 Å². The number of rotatable bonds is 6. The summed E-state index contributed by atoms with van der Waals surface area (Å²) in [6.07, 6.45) is 0.115. The minimum atomic E-state index is -0.488. The molecule has 0 bridgehead atoms. The van der Waals surface area contributed by atoms with Gasteiger partial charge in [-0.15, -0.1) is 0 Å². The maximum absolute atomic E-state index is 12.9. The Morgan fingerprint density at radius 3 is 2.54 bits per heavy atom. The predicted molar refractivity (Wildman–Crippen MR) is 138 cm³/mol. The van der Waals surface area contributed by atoms with Crippen molar-refractivity contribution in [3.05, 3.63) is 90.0 Å². The molecule has 0 radical (unpaired) electrons. The van der Waals surface area contributed by atoms with Crippen molar-refractivity contribution in [2.45, 2.75) is 6.42 Å². The zero-order valence-electron chi connectivity index (χ0n) is 19.0. The number of amides is 2. The van der Waals surface area contributed by atoms with Gasteiger partial charge in [-0.2, -0.15) is 0 Å². The number of nitrogens with zero attached hydrogens (tertiary/aromatic N) is 1. The summed E-state index contributed by atoms with van der Waals surface area (Å²) >= 11 is 6.12. The number of hydrogen-bond donors (Lipinski definition) is 1. The second-order valence-electron chi connectivity index (χ2n) is 8.31. The molecule has 0 aromatic heterocycles. The summed E-state index contributed by atoms with van der Waals surface area (Å²) in [5, 5.41) is 5.53. The number of hydrogen-bond acceptors (Lipinski definition) is 4. The van der Waals surface area contributed by atoms with Gasteiger partial charge in [-0.05, 0) is 53.9 Å². The Morgan fingerprint density at radius 2 is 1.74 bits per heavy atom. The molecule has 5 rings (SSSR count). The van der Waals surface area contributed by atoms with Gasteiger partial charge in [-0.1, -0.05) is 48.0 Å². The van der Waals surface area contributed by atoms with Crippen LogP contribution in [-0.2, 0) is 9.59 Å². The van der Waals surface area contributed by atoms with Gasteiger partial charge in [-0.25, -0.2) is 0 Å². The SMILES string of the molecule is COc1ccc(Cl)cc1N1C[C@@H](C(=O)Nc2ccc(Oc3cccc4ccccc34)cc2)CC1=O. The molecule has 1 N–H and O–H groups in total. The minimum absolute atomic E-state index is 0.115. The molecule has 1 heterocycles. The van der Waals surface area contributed by atoms with Gasteiger partial charge in [-0.3, -0.25) is 9.59 Å². The van der Waals surface area contributed by atoms with Gasteiger partial charge in [0.2, 0.25) is 11.8 Å². The van der Waals surface area contributed by atoms with Crippen molar-refractivity contribution in [2.75, 3.05) is 23.9 Å². The highest BCUT2D eigenvalue weighted by Crippen LogP contribution is 2.36. The zero-order chi connectivity index (χ0) is 24.4. The summed E-state index contributed by atoms with van der Waals surface area (Å²) in [7, 11) is 1.53. The van der Waals surface area contributed by atoms with Crippen LogP contribution in [-0.4, -0.2) is 25.5 Å². The van der Waals surface area contributed by atoms with Crippen molar-refractivity contribution >= 4 is 45.6 Å². The third kappa shape index (κ3) is 4.79. The lowest BCUT2D eigenvalue weighted by molar-refractivity contribution is -0.122. The third-order valence-electron chi connectivity index (χ3n) is 6.03. The van der Waals surface area contributed by atoms with E-state index in [-0.39, 0.29) is 24.8 Å². The number of halogens is 1. The molecular formula is C28H23ClN2O4. The Hall–Kier alpha value is -4.03. The van der Waals surface area contributed by atoms with Gasteiger partial charge in [0.25, 0.3) is 0 Å². The summed E-state index contributed by atoms with van der Waals surface area (Å²) < 4.78 is 11.4. The first-order valence-electron chi connectivity index (χ1n) is 11.2. The highest BCUT2D eigenvalue weighted by atomic mass is 35.5. The highest BCUT2D eigenvalue weighted by Gasteiger charge is 2.36. The van der Waals surface area contributed by atoms with Crippen LogP contribution >= 0.6 is 11.6 Å². The van der Waals surface area contributed by atoms with E-state index in [0.29, 0.717) is 27.9 Å². The second kappa shape index (κ2) is 9.68. The summed E-state index contributed by atoms with van der Waals surface area (Å²) in [6, 6.07) is 26.2. The fourth-order valence-corrected chi connectivity index (χ4v) is 4.42. The van der Waals surface area contributed by atoms with Crippen LogP contribution in [0.5, 0.6) is 17.2 Å². The molecule has 7 heteroatoms. The highest BCUT2D eigenvalue weighted by molar-refractivity contribution is 6.31. The van der Waals surface area contributed by atoms with E-state index in [1.807, 2.05) is 42.5 Å². The van der Waals surface area contributed by atoms with Gasteiger partial charge in [0.1, 0.15) is 17.2 Å². The van der Waals surface area contributed by atoms with Crippen molar-refractivity contribution in [2.24, 2.45) is 5.92 Å². The number of nitrogens with one attached hydrogen (secondary N) is 1. The average molecular weight is 487 g/mol. The summed E-state index contributed by atoms with van der Waals surface area (Å²) in [5.74, 6) is 1.10. The van der Waals surface area contributed by atoms with E-state index in [1.165, 1.54) is 7.11 Å². The quantitative estimate of drug-likeness (QED) is 0.348. The number of methoxy groups -OCH3 is 1. The number of carbonyl (C=O) groups is 2.